The van der Waals surface area contributed by atoms with Crippen LogP contribution in [0.4, 0.5) is 17.1 Å². The molecule has 0 unspecified atom stereocenters. The second-order valence-corrected chi connectivity index (χ2v) is 9.70. The highest BCUT2D eigenvalue weighted by Gasteiger charge is 2.26. The van der Waals surface area contributed by atoms with Crippen LogP contribution in [0.15, 0.2) is 72.4 Å². The van der Waals surface area contributed by atoms with Crippen LogP contribution in [0.5, 0.6) is 0 Å². The molecule has 2 aromatic carbocycles. The first-order valence-electron chi connectivity index (χ1n) is 12.6. The predicted molar refractivity (Wildman–Crippen MR) is 145 cm³/mol. The molecule has 184 valence electrons. The maximum absolute atomic E-state index is 13.4. The van der Waals surface area contributed by atoms with Crippen LogP contribution in [-0.2, 0) is 22.4 Å². The first-order chi connectivity index (χ1) is 17.5. The van der Waals surface area contributed by atoms with Gasteiger partial charge in [0.05, 0.1) is 6.42 Å². The maximum Gasteiger partial charge on any atom is 0.251 e. The van der Waals surface area contributed by atoms with E-state index in [4.69, 9.17) is 0 Å². The molecule has 1 aliphatic heterocycles. The summed E-state index contributed by atoms with van der Waals surface area (Å²) >= 11 is 0. The predicted octanol–water partition coefficient (Wildman–Crippen LogP) is 5.25. The van der Waals surface area contributed by atoms with Crippen LogP contribution in [0.25, 0.3) is 5.57 Å². The van der Waals surface area contributed by atoms with Crippen molar-refractivity contribution in [3.8, 4) is 0 Å². The number of hydrogen-bond acceptors (Lipinski definition) is 4. The lowest BCUT2D eigenvalue weighted by Gasteiger charge is -2.21. The normalized spacial score (nSPS) is 15.0. The van der Waals surface area contributed by atoms with E-state index >= 15 is 0 Å². The minimum atomic E-state index is -0.0255. The monoisotopic (exact) mass is 480 g/mol. The minimum absolute atomic E-state index is 0.0255. The zero-order chi connectivity index (χ0) is 25.1. The van der Waals surface area contributed by atoms with Crippen LogP contribution in [0.3, 0.4) is 0 Å². The van der Waals surface area contributed by atoms with Crippen LogP contribution >= 0.6 is 0 Å². The molecule has 0 fully saturated rings. The fourth-order valence-corrected chi connectivity index (χ4v) is 5.13. The summed E-state index contributed by atoms with van der Waals surface area (Å²) in [7, 11) is 4.06. The SMILES string of the molecule is CN(C)c1ccc(C2=C(C(=O)Nc3ccc4c(c3)CCN4C(=O)Cc3ccccn3)CCCC2)cc1. The molecule has 6 nitrogen and oxygen atoms in total. The van der Waals surface area contributed by atoms with Crippen molar-refractivity contribution in [2.24, 2.45) is 0 Å². The topological polar surface area (TPSA) is 65.5 Å². The minimum Gasteiger partial charge on any atom is -0.378 e. The lowest BCUT2D eigenvalue weighted by molar-refractivity contribution is -0.118. The smallest absolute Gasteiger partial charge is 0.251 e. The summed E-state index contributed by atoms with van der Waals surface area (Å²) in [6.45, 7) is 0.649. The van der Waals surface area contributed by atoms with E-state index in [1.54, 1.807) is 6.20 Å². The number of fused-ring (bicyclic) bond motifs is 1. The fraction of sp³-hybridized carbons (Fsp3) is 0.300. The number of benzene rings is 2. The zero-order valence-electron chi connectivity index (χ0n) is 21.0. The highest BCUT2D eigenvalue weighted by atomic mass is 16.2. The number of pyridine rings is 1. The van der Waals surface area contributed by atoms with Crippen molar-refractivity contribution in [3.05, 3.63) is 89.3 Å². The number of aromatic nitrogens is 1. The third-order valence-corrected chi connectivity index (χ3v) is 7.07. The van der Waals surface area contributed by atoms with Gasteiger partial charge in [-0.15, -0.1) is 0 Å². The van der Waals surface area contributed by atoms with E-state index in [1.165, 1.54) is 0 Å². The van der Waals surface area contributed by atoms with E-state index < -0.39 is 0 Å². The van der Waals surface area contributed by atoms with Gasteiger partial charge in [-0.05, 0) is 91.3 Å². The van der Waals surface area contributed by atoms with Gasteiger partial charge in [-0.1, -0.05) is 18.2 Å². The number of carbonyl (C=O) groups is 2. The van der Waals surface area contributed by atoms with Crippen molar-refractivity contribution in [2.45, 2.75) is 38.5 Å². The molecule has 0 saturated carbocycles. The molecule has 0 spiro atoms. The highest BCUT2D eigenvalue weighted by Crippen LogP contribution is 2.35. The Morgan fingerprint density at radius 2 is 1.78 bits per heavy atom. The number of carbonyl (C=O) groups excluding carboxylic acids is 2. The molecule has 3 aromatic rings. The largest absolute Gasteiger partial charge is 0.378 e. The molecular formula is C30H32N4O2. The molecule has 2 amide bonds. The van der Waals surface area contributed by atoms with Gasteiger partial charge in [0.1, 0.15) is 0 Å². The number of allylic oxidation sites excluding steroid dienone is 1. The van der Waals surface area contributed by atoms with E-state index in [-0.39, 0.29) is 18.2 Å². The molecule has 2 heterocycles. The van der Waals surface area contributed by atoms with E-state index in [0.29, 0.717) is 6.54 Å². The Hall–Kier alpha value is -3.93. The standard InChI is InChI=1S/C30H32N4O2/c1-33(2)25-13-10-21(11-14-25)26-8-3-4-9-27(26)30(36)32-24-12-15-28-22(19-24)16-18-34(28)29(35)20-23-7-5-6-17-31-23/h5-7,10-15,17,19H,3-4,8-9,16,18,20H2,1-2H3,(H,32,36). The average Bonchev–Trinajstić information content (AvgIpc) is 3.33. The Morgan fingerprint density at radius 1 is 0.972 bits per heavy atom. The number of rotatable bonds is 6. The second kappa shape index (κ2) is 10.4. The molecule has 36 heavy (non-hydrogen) atoms. The van der Waals surface area contributed by atoms with Gasteiger partial charge in [-0.3, -0.25) is 14.6 Å². The van der Waals surface area contributed by atoms with Crippen molar-refractivity contribution >= 4 is 34.4 Å². The highest BCUT2D eigenvalue weighted by molar-refractivity contribution is 6.09. The molecule has 2 aliphatic rings. The Bertz CT molecular complexity index is 1300. The third kappa shape index (κ3) is 5.03. The van der Waals surface area contributed by atoms with E-state index in [9.17, 15) is 9.59 Å². The molecule has 0 bridgehead atoms. The number of amides is 2. The van der Waals surface area contributed by atoms with Gasteiger partial charge in [0, 0.05) is 55.2 Å². The lowest BCUT2D eigenvalue weighted by Crippen LogP contribution is -2.30. The molecule has 1 N–H and O–H groups in total. The van der Waals surface area contributed by atoms with Crippen molar-refractivity contribution in [1.29, 1.82) is 0 Å². The van der Waals surface area contributed by atoms with E-state index in [0.717, 1.165) is 77.1 Å². The first-order valence-corrected chi connectivity index (χ1v) is 12.6. The van der Waals surface area contributed by atoms with Crippen LogP contribution in [-0.4, -0.2) is 37.4 Å². The summed E-state index contributed by atoms with van der Waals surface area (Å²) in [6, 6.07) is 19.9. The third-order valence-electron chi connectivity index (χ3n) is 7.07. The van der Waals surface area contributed by atoms with Crippen LogP contribution in [0.2, 0.25) is 0 Å². The van der Waals surface area contributed by atoms with Gasteiger partial charge in [0.15, 0.2) is 0 Å². The van der Waals surface area contributed by atoms with Gasteiger partial charge in [0.2, 0.25) is 5.91 Å². The average molecular weight is 481 g/mol. The molecule has 0 radical (unpaired) electrons. The van der Waals surface area contributed by atoms with Crippen molar-refractivity contribution in [2.75, 3.05) is 35.8 Å². The molecule has 1 aliphatic carbocycles. The quantitative estimate of drug-likeness (QED) is 0.524. The molecule has 1 aromatic heterocycles. The van der Waals surface area contributed by atoms with Gasteiger partial charge in [-0.2, -0.15) is 0 Å². The van der Waals surface area contributed by atoms with Gasteiger partial charge >= 0.3 is 0 Å². The number of nitrogens with one attached hydrogen (secondary N) is 1. The Kier molecular flexibility index (Phi) is 6.85. The number of nitrogens with zero attached hydrogens (tertiary/aromatic N) is 3. The Labute approximate surface area is 212 Å². The van der Waals surface area contributed by atoms with Crippen LogP contribution in [0.1, 0.15) is 42.5 Å². The lowest BCUT2D eigenvalue weighted by atomic mass is 9.86. The molecule has 0 saturated heterocycles. The summed E-state index contributed by atoms with van der Waals surface area (Å²) in [5.74, 6) is 0.0175. The number of anilines is 3. The number of hydrogen-bond donors (Lipinski definition) is 1. The van der Waals surface area contributed by atoms with Crippen molar-refractivity contribution in [3.63, 3.8) is 0 Å². The summed E-state index contributed by atoms with van der Waals surface area (Å²) in [5.41, 5.74) is 7.86. The van der Waals surface area contributed by atoms with E-state index in [2.05, 4.69) is 39.5 Å². The van der Waals surface area contributed by atoms with Crippen molar-refractivity contribution < 1.29 is 9.59 Å². The molecule has 6 heteroatoms. The van der Waals surface area contributed by atoms with Gasteiger partial charge in [0.25, 0.3) is 5.91 Å². The molecular weight excluding hydrogens is 448 g/mol. The van der Waals surface area contributed by atoms with Crippen LogP contribution < -0.4 is 15.1 Å². The van der Waals surface area contributed by atoms with Gasteiger partial charge < -0.3 is 15.1 Å². The Balaban J connectivity index is 1.32. The first kappa shape index (κ1) is 23.8. The van der Waals surface area contributed by atoms with Gasteiger partial charge in [-0.25, -0.2) is 0 Å². The summed E-state index contributed by atoms with van der Waals surface area (Å²) in [6.07, 6.45) is 6.60. The summed E-state index contributed by atoms with van der Waals surface area (Å²) in [4.78, 5) is 34.4. The van der Waals surface area contributed by atoms with Crippen molar-refractivity contribution in [1.82, 2.24) is 4.98 Å². The summed E-state index contributed by atoms with van der Waals surface area (Å²) < 4.78 is 0. The summed E-state index contributed by atoms with van der Waals surface area (Å²) in [5, 5.41) is 3.14. The fourth-order valence-electron chi connectivity index (χ4n) is 5.13. The van der Waals surface area contributed by atoms with Crippen LogP contribution in [0, 0.1) is 0 Å². The Morgan fingerprint density at radius 3 is 2.53 bits per heavy atom. The second-order valence-electron chi connectivity index (χ2n) is 9.70. The van der Waals surface area contributed by atoms with E-state index in [1.807, 2.05) is 55.4 Å². The molecule has 5 rings (SSSR count). The molecule has 0 atom stereocenters. The zero-order valence-corrected chi connectivity index (χ0v) is 21.0. The maximum atomic E-state index is 13.4.